The molecule has 3 aromatic rings. The zero-order chi connectivity index (χ0) is 19.5. The van der Waals surface area contributed by atoms with Crippen molar-refractivity contribution < 1.29 is 14.3 Å². The van der Waals surface area contributed by atoms with Crippen molar-refractivity contribution in [2.45, 2.75) is 10.9 Å². The zero-order valence-corrected chi connectivity index (χ0v) is 16.7. The number of rotatable bonds is 5. The summed E-state index contributed by atoms with van der Waals surface area (Å²) in [4.78, 5) is 17.0. The van der Waals surface area contributed by atoms with Crippen LogP contribution in [0.4, 0.5) is 5.69 Å². The summed E-state index contributed by atoms with van der Waals surface area (Å²) in [6.45, 7) is 0.954. The first-order valence-corrected chi connectivity index (χ1v) is 10.1. The molecule has 1 aromatic heterocycles. The topological polar surface area (TPSA) is 65.4 Å². The van der Waals surface area contributed by atoms with E-state index in [1.807, 2.05) is 36.0 Å². The van der Waals surface area contributed by atoms with Gasteiger partial charge in [-0.25, -0.2) is 4.98 Å². The maximum Gasteiger partial charge on any atom is 0.255 e. The first kappa shape index (κ1) is 18.7. The van der Waals surface area contributed by atoms with E-state index < -0.39 is 0 Å². The Morgan fingerprint density at radius 1 is 1.25 bits per heavy atom. The van der Waals surface area contributed by atoms with Gasteiger partial charge in [-0.15, -0.1) is 0 Å². The number of hydrogen-bond acceptors (Lipinski definition) is 5. The van der Waals surface area contributed by atoms with Gasteiger partial charge in [0, 0.05) is 42.9 Å². The van der Waals surface area contributed by atoms with Crippen LogP contribution in [0.15, 0.2) is 53.9 Å². The summed E-state index contributed by atoms with van der Waals surface area (Å²) < 4.78 is 13.0. The van der Waals surface area contributed by atoms with Crippen molar-refractivity contribution in [1.29, 1.82) is 0 Å². The highest BCUT2D eigenvalue weighted by atomic mass is 35.5. The first-order valence-electron chi connectivity index (χ1n) is 8.70. The highest BCUT2D eigenvalue weighted by Crippen LogP contribution is 2.38. The van der Waals surface area contributed by atoms with E-state index in [-0.39, 0.29) is 5.91 Å². The molecule has 1 amide bonds. The maximum absolute atomic E-state index is 12.7. The van der Waals surface area contributed by atoms with Gasteiger partial charge in [0.25, 0.3) is 5.91 Å². The smallest absolute Gasteiger partial charge is 0.255 e. The Morgan fingerprint density at radius 3 is 2.79 bits per heavy atom. The summed E-state index contributed by atoms with van der Waals surface area (Å²) in [6, 6.07) is 10.9. The van der Waals surface area contributed by atoms with Crippen LogP contribution in [-0.2, 0) is 12.8 Å². The number of carbonyl (C=O) groups is 1. The van der Waals surface area contributed by atoms with Crippen molar-refractivity contribution in [3.8, 4) is 11.5 Å². The SMILES string of the molecule is Cn1ccnc1SCc1cccc(C(=O)Nc2cc3c(cc2Cl)OCCO3)c1. The van der Waals surface area contributed by atoms with E-state index in [2.05, 4.69) is 10.3 Å². The molecule has 6 nitrogen and oxygen atoms in total. The molecule has 1 N–H and O–H groups in total. The largest absolute Gasteiger partial charge is 0.486 e. The Hall–Kier alpha value is -2.64. The summed E-state index contributed by atoms with van der Waals surface area (Å²) in [5.41, 5.74) is 2.08. The summed E-state index contributed by atoms with van der Waals surface area (Å²) in [5.74, 6) is 1.65. The maximum atomic E-state index is 12.7. The predicted molar refractivity (Wildman–Crippen MR) is 110 cm³/mol. The van der Waals surface area contributed by atoms with Crippen LogP contribution in [0.1, 0.15) is 15.9 Å². The third-order valence-corrected chi connectivity index (χ3v) is 5.66. The minimum Gasteiger partial charge on any atom is -0.486 e. The Labute approximate surface area is 171 Å². The lowest BCUT2D eigenvalue weighted by atomic mass is 10.1. The zero-order valence-electron chi connectivity index (χ0n) is 15.1. The van der Waals surface area contributed by atoms with Gasteiger partial charge < -0.3 is 19.4 Å². The number of nitrogens with zero attached hydrogens (tertiary/aromatic N) is 2. The molecule has 0 saturated carbocycles. The number of anilines is 1. The fourth-order valence-electron chi connectivity index (χ4n) is 2.80. The average Bonchev–Trinajstić information content (AvgIpc) is 3.12. The molecule has 2 heterocycles. The lowest BCUT2D eigenvalue weighted by Gasteiger charge is -2.20. The number of halogens is 1. The standard InChI is InChI=1S/C20H18ClN3O3S/c1-24-6-5-22-20(24)28-12-13-3-2-4-14(9-13)19(25)23-16-11-18-17(10-15(16)21)26-7-8-27-18/h2-6,9-11H,7-8,12H2,1H3,(H,23,25). The molecule has 0 bridgehead atoms. The lowest BCUT2D eigenvalue weighted by Crippen LogP contribution is -2.17. The van der Waals surface area contributed by atoms with Crippen LogP contribution in [-0.4, -0.2) is 28.7 Å². The normalized spacial score (nSPS) is 12.6. The van der Waals surface area contributed by atoms with Crippen molar-refractivity contribution >= 4 is 35.0 Å². The number of carbonyl (C=O) groups excluding carboxylic acids is 1. The van der Waals surface area contributed by atoms with E-state index in [1.165, 1.54) is 0 Å². The number of ether oxygens (including phenoxy) is 2. The van der Waals surface area contributed by atoms with Crippen LogP contribution in [0, 0.1) is 0 Å². The average molecular weight is 416 g/mol. The number of fused-ring (bicyclic) bond motifs is 1. The number of amides is 1. The van der Waals surface area contributed by atoms with Crippen molar-refractivity contribution in [1.82, 2.24) is 9.55 Å². The fourth-order valence-corrected chi connectivity index (χ4v) is 3.87. The molecule has 0 fully saturated rings. The van der Waals surface area contributed by atoms with Crippen LogP contribution < -0.4 is 14.8 Å². The van der Waals surface area contributed by atoms with Crippen LogP contribution >= 0.6 is 23.4 Å². The van der Waals surface area contributed by atoms with Crippen LogP contribution in [0.25, 0.3) is 0 Å². The fraction of sp³-hybridized carbons (Fsp3) is 0.200. The van der Waals surface area contributed by atoms with E-state index in [1.54, 1.807) is 36.2 Å². The van der Waals surface area contributed by atoms with Gasteiger partial charge in [0.05, 0.1) is 10.7 Å². The third-order valence-electron chi connectivity index (χ3n) is 4.21. The molecule has 144 valence electrons. The number of imidazole rings is 1. The minimum atomic E-state index is -0.234. The quantitative estimate of drug-likeness (QED) is 0.626. The van der Waals surface area contributed by atoms with Gasteiger partial charge in [0.2, 0.25) is 0 Å². The Bertz CT molecular complexity index is 1020. The number of aromatic nitrogens is 2. The number of benzene rings is 2. The van der Waals surface area contributed by atoms with Gasteiger partial charge in [0.15, 0.2) is 16.7 Å². The van der Waals surface area contributed by atoms with Gasteiger partial charge in [-0.2, -0.15) is 0 Å². The number of aryl methyl sites for hydroxylation is 1. The highest BCUT2D eigenvalue weighted by molar-refractivity contribution is 7.98. The van der Waals surface area contributed by atoms with Crippen LogP contribution in [0.3, 0.4) is 0 Å². The summed E-state index contributed by atoms with van der Waals surface area (Å²) in [7, 11) is 1.95. The molecule has 8 heteroatoms. The number of nitrogens with one attached hydrogen (secondary N) is 1. The second-order valence-corrected chi connectivity index (χ2v) is 7.59. The molecule has 1 aliphatic rings. The molecule has 0 spiro atoms. The van der Waals surface area contributed by atoms with Gasteiger partial charge in [-0.1, -0.05) is 35.5 Å². The molecular formula is C20H18ClN3O3S. The molecule has 0 radical (unpaired) electrons. The highest BCUT2D eigenvalue weighted by Gasteiger charge is 2.17. The van der Waals surface area contributed by atoms with Crippen molar-refractivity contribution in [3.05, 3.63) is 64.9 Å². The molecule has 0 atom stereocenters. The van der Waals surface area contributed by atoms with Gasteiger partial charge in [0.1, 0.15) is 13.2 Å². The predicted octanol–water partition coefficient (Wildman–Crippen LogP) is 4.39. The van der Waals surface area contributed by atoms with Crippen LogP contribution in [0.2, 0.25) is 5.02 Å². The molecule has 1 aliphatic heterocycles. The summed E-state index contributed by atoms with van der Waals surface area (Å²) in [6.07, 6.45) is 3.67. The molecule has 0 aliphatic carbocycles. The van der Waals surface area contributed by atoms with Crippen molar-refractivity contribution in [2.75, 3.05) is 18.5 Å². The van der Waals surface area contributed by atoms with Gasteiger partial charge in [-0.3, -0.25) is 4.79 Å². The Morgan fingerprint density at radius 2 is 2.04 bits per heavy atom. The van der Waals surface area contributed by atoms with E-state index in [0.29, 0.717) is 41.0 Å². The Balaban J connectivity index is 1.47. The molecule has 4 rings (SSSR count). The summed E-state index contributed by atoms with van der Waals surface area (Å²) in [5, 5.41) is 4.18. The van der Waals surface area contributed by atoms with E-state index in [4.69, 9.17) is 21.1 Å². The molecule has 2 aromatic carbocycles. The van der Waals surface area contributed by atoms with E-state index in [0.717, 1.165) is 16.5 Å². The van der Waals surface area contributed by atoms with Crippen molar-refractivity contribution in [3.63, 3.8) is 0 Å². The van der Waals surface area contributed by atoms with Crippen molar-refractivity contribution in [2.24, 2.45) is 7.05 Å². The minimum absolute atomic E-state index is 0.234. The summed E-state index contributed by atoms with van der Waals surface area (Å²) >= 11 is 7.90. The number of hydrogen-bond donors (Lipinski definition) is 1. The van der Waals surface area contributed by atoms with E-state index in [9.17, 15) is 4.79 Å². The monoisotopic (exact) mass is 415 g/mol. The van der Waals surface area contributed by atoms with Crippen LogP contribution in [0.5, 0.6) is 11.5 Å². The van der Waals surface area contributed by atoms with Gasteiger partial charge >= 0.3 is 0 Å². The molecule has 0 saturated heterocycles. The van der Waals surface area contributed by atoms with E-state index >= 15 is 0 Å². The third kappa shape index (κ3) is 4.10. The molecule has 0 unspecified atom stereocenters. The molecule has 28 heavy (non-hydrogen) atoms. The van der Waals surface area contributed by atoms with Gasteiger partial charge in [-0.05, 0) is 17.7 Å². The first-order chi connectivity index (χ1) is 13.6. The number of thioether (sulfide) groups is 1. The second-order valence-electron chi connectivity index (χ2n) is 6.24. The Kier molecular flexibility index (Phi) is 5.45. The molecular weight excluding hydrogens is 398 g/mol. The lowest BCUT2D eigenvalue weighted by molar-refractivity contribution is 0.102. The second kappa shape index (κ2) is 8.16.